The lowest BCUT2D eigenvalue weighted by Crippen LogP contribution is -2.13. The van der Waals surface area contributed by atoms with Crippen LogP contribution >= 0.6 is 11.3 Å². The maximum absolute atomic E-state index is 12.8. The summed E-state index contributed by atoms with van der Waals surface area (Å²) in [4.78, 5) is 21.2. The molecule has 2 aromatic heterocycles. The number of hydrogen-bond acceptors (Lipinski definition) is 4. The third-order valence-electron chi connectivity index (χ3n) is 3.16. The molecule has 0 radical (unpaired) electrons. The van der Waals surface area contributed by atoms with Gasteiger partial charge in [-0.2, -0.15) is 0 Å². The zero-order valence-electron chi connectivity index (χ0n) is 11.4. The number of thiophene rings is 1. The van der Waals surface area contributed by atoms with E-state index in [-0.39, 0.29) is 11.4 Å². The Morgan fingerprint density at radius 2 is 2.10 bits per heavy atom. The molecule has 0 amide bonds. The van der Waals surface area contributed by atoms with Gasteiger partial charge in [0.2, 0.25) is 0 Å². The van der Waals surface area contributed by atoms with Crippen molar-refractivity contribution in [2.45, 2.75) is 19.9 Å². The summed E-state index contributed by atoms with van der Waals surface area (Å²) in [7, 11) is 0. The van der Waals surface area contributed by atoms with Crippen LogP contribution in [-0.2, 0) is 13.0 Å². The maximum atomic E-state index is 12.8. The summed E-state index contributed by atoms with van der Waals surface area (Å²) in [5, 5.41) is 3.75. The number of nitrogens with one attached hydrogen (secondary N) is 2. The molecule has 2 N–H and O–H groups in total. The van der Waals surface area contributed by atoms with Gasteiger partial charge in [-0.15, -0.1) is 11.3 Å². The molecule has 2 heterocycles. The number of halogens is 1. The lowest BCUT2D eigenvalue weighted by Gasteiger charge is -2.05. The van der Waals surface area contributed by atoms with Crippen molar-refractivity contribution in [3.8, 4) is 0 Å². The van der Waals surface area contributed by atoms with Crippen LogP contribution in [0.3, 0.4) is 0 Å². The molecular formula is C15H14FN3OS. The summed E-state index contributed by atoms with van der Waals surface area (Å²) in [5.41, 5.74) is 0.659. The van der Waals surface area contributed by atoms with Crippen molar-refractivity contribution in [1.29, 1.82) is 0 Å². The van der Waals surface area contributed by atoms with Gasteiger partial charge in [0, 0.05) is 10.6 Å². The molecule has 108 valence electrons. The van der Waals surface area contributed by atoms with E-state index in [0.29, 0.717) is 17.8 Å². The first kappa shape index (κ1) is 13.8. The topological polar surface area (TPSA) is 57.8 Å². The largest absolute Gasteiger partial charge is 0.378 e. The number of hydrogen-bond donors (Lipinski definition) is 2. The second kappa shape index (κ2) is 5.65. The predicted octanol–water partition coefficient (Wildman–Crippen LogP) is 3.30. The molecule has 0 saturated heterocycles. The average Bonchev–Trinajstić information content (AvgIpc) is 2.90. The minimum absolute atomic E-state index is 0.119. The monoisotopic (exact) mass is 303 g/mol. The summed E-state index contributed by atoms with van der Waals surface area (Å²) in [6.07, 6.45) is 0.892. The Kier molecular flexibility index (Phi) is 3.70. The van der Waals surface area contributed by atoms with Crippen LogP contribution < -0.4 is 10.9 Å². The van der Waals surface area contributed by atoms with E-state index in [0.717, 1.165) is 21.8 Å². The molecule has 0 unspecified atom stereocenters. The lowest BCUT2D eigenvalue weighted by molar-refractivity contribution is 0.628. The van der Waals surface area contributed by atoms with Crippen LogP contribution in [0.25, 0.3) is 10.2 Å². The van der Waals surface area contributed by atoms with E-state index in [1.165, 1.54) is 12.1 Å². The molecule has 3 rings (SSSR count). The zero-order chi connectivity index (χ0) is 14.8. The first-order chi connectivity index (χ1) is 10.2. The van der Waals surface area contributed by atoms with E-state index in [1.54, 1.807) is 23.5 Å². The van der Waals surface area contributed by atoms with Crippen LogP contribution in [0.1, 0.15) is 17.6 Å². The number of nitrogens with zero attached hydrogens (tertiary/aromatic N) is 1. The first-order valence-electron chi connectivity index (χ1n) is 6.67. The van der Waals surface area contributed by atoms with E-state index in [2.05, 4.69) is 22.2 Å². The van der Waals surface area contributed by atoms with Gasteiger partial charge in [0.05, 0.1) is 11.9 Å². The molecule has 0 spiro atoms. The van der Waals surface area contributed by atoms with E-state index >= 15 is 0 Å². The molecule has 1 aromatic carbocycles. The van der Waals surface area contributed by atoms with E-state index in [1.807, 2.05) is 6.07 Å². The summed E-state index contributed by atoms with van der Waals surface area (Å²) in [5.74, 6) is 0.292. The van der Waals surface area contributed by atoms with Gasteiger partial charge in [0.15, 0.2) is 0 Å². The third kappa shape index (κ3) is 2.95. The molecular weight excluding hydrogens is 289 g/mol. The van der Waals surface area contributed by atoms with Gasteiger partial charge >= 0.3 is 0 Å². The highest BCUT2D eigenvalue weighted by molar-refractivity contribution is 7.18. The van der Waals surface area contributed by atoms with Crippen molar-refractivity contribution in [2.24, 2.45) is 0 Å². The van der Waals surface area contributed by atoms with Crippen LogP contribution in [0.5, 0.6) is 0 Å². The summed E-state index contributed by atoms with van der Waals surface area (Å²) < 4.78 is 12.8. The lowest BCUT2D eigenvalue weighted by atomic mass is 10.3. The highest BCUT2D eigenvalue weighted by Gasteiger charge is 2.08. The van der Waals surface area contributed by atoms with Crippen LogP contribution in [0.15, 0.2) is 35.1 Å². The van der Waals surface area contributed by atoms with Gasteiger partial charge in [0.1, 0.15) is 16.5 Å². The van der Waals surface area contributed by atoms with Crippen LogP contribution in [0.4, 0.5) is 10.1 Å². The van der Waals surface area contributed by atoms with Crippen molar-refractivity contribution in [2.75, 3.05) is 5.32 Å². The number of H-pyrrole nitrogens is 1. The Balaban J connectivity index is 1.83. The Hall–Kier alpha value is -2.21. The molecule has 21 heavy (non-hydrogen) atoms. The Labute approximate surface area is 124 Å². The summed E-state index contributed by atoms with van der Waals surface area (Å²) >= 11 is 1.54. The standard InChI is InChI=1S/C15H14FN3OS/c1-2-11-7-12-14(20)18-13(19-15(12)21-11)8-17-10-5-3-9(16)4-6-10/h3-7,17H,2,8H2,1H3,(H,18,19,20). The van der Waals surface area contributed by atoms with E-state index in [9.17, 15) is 9.18 Å². The first-order valence-corrected chi connectivity index (χ1v) is 7.48. The van der Waals surface area contributed by atoms with Crippen LogP contribution in [0.2, 0.25) is 0 Å². The number of aryl methyl sites for hydroxylation is 1. The van der Waals surface area contributed by atoms with Gasteiger partial charge in [-0.05, 0) is 36.8 Å². The maximum Gasteiger partial charge on any atom is 0.259 e. The fraction of sp³-hybridized carbons (Fsp3) is 0.200. The van der Waals surface area contributed by atoms with Crippen molar-refractivity contribution in [3.05, 3.63) is 57.2 Å². The normalized spacial score (nSPS) is 11.0. The number of aromatic amines is 1. The van der Waals surface area contributed by atoms with Crippen molar-refractivity contribution >= 4 is 27.2 Å². The number of anilines is 1. The highest BCUT2D eigenvalue weighted by atomic mass is 32.1. The molecule has 0 saturated carbocycles. The summed E-state index contributed by atoms with van der Waals surface area (Å²) in [6.45, 7) is 2.44. The second-order valence-electron chi connectivity index (χ2n) is 4.66. The molecule has 0 aliphatic carbocycles. The Morgan fingerprint density at radius 1 is 1.33 bits per heavy atom. The van der Waals surface area contributed by atoms with E-state index in [4.69, 9.17) is 0 Å². The minimum Gasteiger partial charge on any atom is -0.378 e. The van der Waals surface area contributed by atoms with Crippen LogP contribution in [0, 0.1) is 5.82 Å². The van der Waals surface area contributed by atoms with Crippen molar-refractivity contribution < 1.29 is 4.39 Å². The van der Waals surface area contributed by atoms with Crippen molar-refractivity contribution in [1.82, 2.24) is 9.97 Å². The molecule has 0 aliphatic rings. The zero-order valence-corrected chi connectivity index (χ0v) is 12.3. The average molecular weight is 303 g/mol. The second-order valence-corrected chi connectivity index (χ2v) is 5.77. The fourth-order valence-electron chi connectivity index (χ4n) is 2.04. The molecule has 0 atom stereocenters. The highest BCUT2D eigenvalue weighted by Crippen LogP contribution is 2.21. The fourth-order valence-corrected chi connectivity index (χ4v) is 3.02. The summed E-state index contributed by atoms with van der Waals surface area (Å²) in [6, 6.07) is 7.95. The molecule has 3 aromatic rings. The Bertz CT molecular complexity index is 823. The number of benzene rings is 1. The molecule has 0 aliphatic heterocycles. The van der Waals surface area contributed by atoms with Gasteiger partial charge in [-0.3, -0.25) is 4.79 Å². The quantitative estimate of drug-likeness (QED) is 0.777. The molecule has 0 bridgehead atoms. The molecule has 6 heteroatoms. The minimum atomic E-state index is -0.279. The SMILES string of the molecule is CCc1cc2c(=O)[nH]c(CNc3ccc(F)cc3)nc2s1. The van der Waals surface area contributed by atoms with Gasteiger partial charge < -0.3 is 10.3 Å². The van der Waals surface area contributed by atoms with Gasteiger partial charge in [0.25, 0.3) is 5.56 Å². The van der Waals surface area contributed by atoms with Crippen LogP contribution in [-0.4, -0.2) is 9.97 Å². The molecule has 4 nitrogen and oxygen atoms in total. The Morgan fingerprint density at radius 3 is 2.81 bits per heavy atom. The van der Waals surface area contributed by atoms with Crippen molar-refractivity contribution in [3.63, 3.8) is 0 Å². The third-order valence-corrected chi connectivity index (χ3v) is 4.33. The number of fused-ring (bicyclic) bond motifs is 1. The van der Waals surface area contributed by atoms with Gasteiger partial charge in [-0.25, -0.2) is 9.37 Å². The number of rotatable bonds is 4. The van der Waals surface area contributed by atoms with Gasteiger partial charge in [-0.1, -0.05) is 6.92 Å². The van der Waals surface area contributed by atoms with E-state index < -0.39 is 0 Å². The molecule has 0 fully saturated rings. The smallest absolute Gasteiger partial charge is 0.259 e. The predicted molar refractivity (Wildman–Crippen MR) is 83.3 cm³/mol. The number of aromatic nitrogens is 2.